The highest BCUT2D eigenvalue weighted by Gasteiger charge is 2.13. The van der Waals surface area contributed by atoms with E-state index in [1.807, 2.05) is 6.07 Å². The van der Waals surface area contributed by atoms with Gasteiger partial charge in [-0.25, -0.2) is 4.79 Å². The molecule has 0 spiro atoms. The molecule has 0 aliphatic heterocycles. The van der Waals surface area contributed by atoms with Gasteiger partial charge in [0.2, 0.25) is 0 Å². The maximum Gasteiger partial charge on any atom is 0.337 e. The van der Waals surface area contributed by atoms with Gasteiger partial charge in [-0.1, -0.05) is 23.7 Å². The maximum atomic E-state index is 12.2. The molecule has 0 radical (unpaired) electrons. The number of esters is 1. The summed E-state index contributed by atoms with van der Waals surface area (Å²) in [6.07, 6.45) is 0. The van der Waals surface area contributed by atoms with Gasteiger partial charge in [-0.15, -0.1) is 0 Å². The Morgan fingerprint density at radius 1 is 1.19 bits per heavy atom. The van der Waals surface area contributed by atoms with Gasteiger partial charge in [0.25, 0.3) is 5.91 Å². The number of methoxy groups -OCH3 is 1. The lowest BCUT2D eigenvalue weighted by Crippen LogP contribution is -2.13. The van der Waals surface area contributed by atoms with Gasteiger partial charge in [0, 0.05) is 4.47 Å². The average molecular weight is 369 g/mol. The lowest BCUT2D eigenvalue weighted by Gasteiger charge is -2.10. The molecule has 1 N–H and O–H groups in total. The number of anilines is 1. The molecule has 0 unspecified atom stereocenters. The van der Waals surface area contributed by atoms with Crippen molar-refractivity contribution in [2.75, 3.05) is 12.4 Å². The maximum absolute atomic E-state index is 12.2. The van der Waals surface area contributed by atoms with E-state index >= 15 is 0 Å². The fourth-order valence-electron chi connectivity index (χ4n) is 1.70. The Morgan fingerprint density at radius 3 is 2.57 bits per heavy atom. The van der Waals surface area contributed by atoms with Crippen LogP contribution in [-0.2, 0) is 4.74 Å². The van der Waals surface area contributed by atoms with Gasteiger partial charge in [0.05, 0.1) is 28.9 Å². The van der Waals surface area contributed by atoms with Crippen LogP contribution in [0.5, 0.6) is 0 Å². The van der Waals surface area contributed by atoms with Gasteiger partial charge in [-0.3, -0.25) is 4.79 Å². The Labute approximate surface area is 135 Å². The standard InChI is InChI=1S/C15H11BrClNO3/c1-21-15(20)9-6-7-12(17)13(8-9)18-14(19)10-4-2-3-5-11(10)16/h2-8H,1H3,(H,18,19). The van der Waals surface area contributed by atoms with Crippen LogP contribution in [0, 0.1) is 0 Å². The molecule has 0 atom stereocenters. The minimum Gasteiger partial charge on any atom is -0.465 e. The Hall–Kier alpha value is -1.85. The topological polar surface area (TPSA) is 55.4 Å². The van der Waals surface area contributed by atoms with Crippen LogP contribution in [-0.4, -0.2) is 19.0 Å². The van der Waals surface area contributed by atoms with E-state index in [0.717, 1.165) is 0 Å². The van der Waals surface area contributed by atoms with Gasteiger partial charge < -0.3 is 10.1 Å². The Kier molecular flexibility index (Phi) is 4.98. The van der Waals surface area contributed by atoms with Gasteiger partial charge in [-0.2, -0.15) is 0 Å². The number of ether oxygens (including phenoxy) is 1. The fraction of sp³-hybridized carbons (Fsp3) is 0.0667. The smallest absolute Gasteiger partial charge is 0.337 e. The second-order valence-electron chi connectivity index (χ2n) is 4.12. The molecule has 21 heavy (non-hydrogen) atoms. The van der Waals surface area contributed by atoms with Crippen LogP contribution in [0.3, 0.4) is 0 Å². The third kappa shape index (κ3) is 3.62. The molecule has 0 heterocycles. The fourth-order valence-corrected chi connectivity index (χ4v) is 2.33. The zero-order valence-electron chi connectivity index (χ0n) is 11.0. The van der Waals surface area contributed by atoms with Crippen LogP contribution < -0.4 is 5.32 Å². The summed E-state index contributed by atoms with van der Waals surface area (Å²) in [5.74, 6) is -0.825. The summed E-state index contributed by atoms with van der Waals surface area (Å²) >= 11 is 9.35. The van der Waals surface area contributed by atoms with Gasteiger partial charge in [0.15, 0.2) is 0 Å². The van der Waals surface area contributed by atoms with Crippen LogP contribution >= 0.6 is 27.5 Å². The van der Waals surface area contributed by atoms with Gasteiger partial charge in [0.1, 0.15) is 0 Å². The molecule has 0 aromatic heterocycles. The number of rotatable bonds is 3. The summed E-state index contributed by atoms with van der Waals surface area (Å²) in [6, 6.07) is 11.5. The summed E-state index contributed by atoms with van der Waals surface area (Å²) in [5.41, 5.74) is 1.13. The Balaban J connectivity index is 2.29. The van der Waals surface area contributed by atoms with Crippen molar-refractivity contribution < 1.29 is 14.3 Å². The second-order valence-corrected chi connectivity index (χ2v) is 5.38. The van der Waals surface area contributed by atoms with Crippen LogP contribution in [0.1, 0.15) is 20.7 Å². The molecule has 4 nitrogen and oxygen atoms in total. The third-order valence-electron chi connectivity index (χ3n) is 2.75. The molecule has 0 aliphatic carbocycles. The number of carbonyl (C=O) groups excluding carboxylic acids is 2. The highest BCUT2D eigenvalue weighted by molar-refractivity contribution is 9.10. The van der Waals surface area contributed by atoms with Crippen molar-refractivity contribution in [3.05, 3.63) is 63.1 Å². The summed E-state index contributed by atoms with van der Waals surface area (Å²) < 4.78 is 5.31. The predicted molar refractivity (Wildman–Crippen MR) is 84.9 cm³/mol. The predicted octanol–water partition coefficient (Wildman–Crippen LogP) is 4.14. The summed E-state index contributed by atoms with van der Waals surface area (Å²) in [5, 5.41) is 3.01. The molecule has 0 saturated carbocycles. The quantitative estimate of drug-likeness (QED) is 0.828. The number of hydrogen-bond acceptors (Lipinski definition) is 3. The monoisotopic (exact) mass is 367 g/mol. The number of nitrogens with one attached hydrogen (secondary N) is 1. The van der Waals surface area contributed by atoms with E-state index in [1.54, 1.807) is 18.2 Å². The van der Waals surface area contributed by atoms with E-state index in [0.29, 0.717) is 26.3 Å². The summed E-state index contributed by atoms with van der Waals surface area (Å²) in [4.78, 5) is 23.7. The van der Waals surface area contributed by atoms with Crippen LogP contribution in [0.2, 0.25) is 5.02 Å². The van der Waals surface area contributed by atoms with Crippen LogP contribution in [0.15, 0.2) is 46.9 Å². The molecule has 0 saturated heterocycles. The molecule has 0 aliphatic rings. The largest absolute Gasteiger partial charge is 0.465 e. The van der Waals surface area contributed by atoms with E-state index in [9.17, 15) is 9.59 Å². The van der Waals surface area contributed by atoms with Crippen molar-refractivity contribution in [2.24, 2.45) is 0 Å². The van der Waals surface area contributed by atoms with Crippen LogP contribution in [0.25, 0.3) is 0 Å². The molecular formula is C15H11BrClNO3. The number of carbonyl (C=O) groups is 2. The van der Waals surface area contributed by atoms with Crippen molar-refractivity contribution >= 4 is 45.1 Å². The van der Waals surface area contributed by atoms with Crippen molar-refractivity contribution in [3.63, 3.8) is 0 Å². The summed E-state index contributed by atoms with van der Waals surface area (Å²) in [7, 11) is 1.29. The third-order valence-corrected chi connectivity index (χ3v) is 3.78. The molecule has 6 heteroatoms. The van der Waals surface area contributed by atoms with Crippen LogP contribution in [0.4, 0.5) is 5.69 Å². The molecule has 2 aromatic carbocycles. The Bertz CT molecular complexity index is 703. The highest BCUT2D eigenvalue weighted by Crippen LogP contribution is 2.25. The van der Waals surface area contributed by atoms with Gasteiger partial charge in [-0.05, 0) is 46.3 Å². The average Bonchev–Trinajstić information content (AvgIpc) is 2.49. The molecule has 0 fully saturated rings. The van der Waals surface area contributed by atoms with E-state index in [2.05, 4.69) is 26.0 Å². The number of halogens is 2. The zero-order valence-corrected chi connectivity index (χ0v) is 13.4. The Morgan fingerprint density at radius 2 is 1.90 bits per heavy atom. The van der Waals surface area contributed by atoms with E-state index in [1.165, 1.54) is 25.3 Å². The van der Waals surface area contributed by atoms with Crippen molar-refractivity contribution in [3.8, 4) is 0 Å². The molecule has 0 bridgehead atoms. The first-order chi connectivity index (χ1) is 10.0. The van der Waals surface area contributed by atoms with Crippen molar-refractivity contribution in [1.29, 1.82) is 0 Å². The molecular weight excluding hydrogens is 358 g/mol. The first-order valence-corrected chi connectivity index (χ1v) is 7.13. The van der Waals surface area contributed by atoms with Crippen molar-refractivity contribution in [2.45, 2.75) is 0 Å². The number of benzene rings is 2. The second kappa shape index (κ2) is 6.74. The van der Waals surface area contributed by atoms with Crippen molar-refractivity contribution in [1.82, 2.24) is 0 Å². The number of hydrogen-bond donors (Lipinski definition) is 1. The minimum absolute atomic E-state index is 0.310. The highest BCUT2D eigenvalue weighted by atomic mass is 79.9. The molecule has 108 valence electrons. The summed E-state index contributed by atoms with van der Waals surface area (Å²) in [6.45, 7) is 0. The minimum atomic E-state index is -0.497. The SMILES string of the molecule is COC(=O)c1ccc(Cl)c(NC(=O)c2ccccc2Br)c1. The first kappa shape index (κ1) is 15.5. The molecule has 2 aromatic rings. The van der Waals surface area contributed by atoms with E-state index < -0.39 is 5.97 Å². The molecule has 1 amide bonds. The van der Waals surface area contributed by atoms with Gasteiger partial charge >= 0.3 is 5.97 Å². The first-order valence-electron chi connectivity index (χ1n) is 5.96. The number of amides is 1. The lowest BCUT2D eigenvalue weighted by atomic mass is 10.1. The normalized spacial score (nSPS) is 10.0. The van der Waals surface area contributed by atoms with E-state index in [-0.39, 0.29) is 5.91 Å². The zero-order chi connectivity index (χ0) is 15.4. The molecule has 2 rings (SSSR count). The van der Waals surface area contributed by atoms with E-state index in [4.69, 9.17) is 11.6 Å². The lowest BCUT2D eigenvalue weighted by molar-refractivity contribution is 0.0600.